The van der Waals surface area contributed by atoms with E-state index in [1.807, 2.05) is 30.3 Å². The Bertz CT molecular complexity index is 691. The second kappa shape index (κ2) is 4.22. The highest BCUT2D eigenvalue weighted by molar-refractivity contribution is 5.82. The summed E-state index contributed by atoms with van der Waals surface area (Å²) in [7, 11) is 0. The molecule has 1 aromatic carbocycles. The van der Waals surface area contributed by atoms with E-state index >= 15 is 0 Å². The Morgan fingerprint density at radius 2 is 1.89 bits per heavy atom. The van der Waals surface area contributed by atoms with Gasteiger partial charge < -0.3 is 4.42 Å². The summed E-state index contributed by atoms with van der Waals surface area (Å²) in [6.07, 6.45) is -0.969. The molecule has 0 saturated carbocycles. The number of para-hydroxylation sites is 1. The van der Waals surface area contributed by atoms with Crippen LogP contribution in [0.25, 0.3) is 22.2 Å². The van der Waals surface area contributed by atoms with Crippen LogP contribution in [0.4, 0.5) is 8.78 Å². The molecule has 0 atom stereocenters. The van der Waals surface area contributed by atoms with Crippen molar-refractivity contribution in [3.05, 3.63) is 54.4 Å². The van der Waals surface area contributed by atoms with Gasteiger partial charge in [-0.2, -0.15) is 0 Å². The lowest BCUT2D eigenvalue weighted by molar-refractivity contribution is 0.123. The van der Waals surface area contributed by atoms with Crippen molar-refractivity contribution in [2.75, 3.05) is 0 Å². The summed E-state index contributed by atoms with van der Waals surface area (Å²) >= 11 is 0. The van der Waals surface area contributed by atoms with Crippen molar-refractivity contribution in [3.63, 3.8) is 0 Å². The van der Waals surface area contributed by atoms with Crippen LogP contribution in [0.5, 0.6) is 0 Å². The van der Waals surface area contributed by atoms with Gasteiger partial charge in [-0.05, 0) is 24.3 Å². The van der Waals surface area contributed by atoms with Crippen LogP contribution in [-0.4, -0.2) is 4.98 Å². The van der Waals surface area contributed by atoms with Crippen molar-refractivity contribution in [2.45, 2.75) is 6.43 Å². The molecule has 0 bridgehead atoms. The fraction of sp³-hybridized carbons (Fsp3) is 0.0714. The minimum absolute atomic E-state index is 0.321. The molecule has 0 radical (unpaired) electrons. The van der Waals surface area contributed by atoms with Crippen LogP contribution in [0.15, 0.2) is 53.1 Å². The third-order valence-corrected chi connectivity index (χ3v) is 2.72. The molecule has 0 aliphatic rings. The Hall–Kier alpha value is -2.23. The van der Waals surface area contributed by atoms with E-state index in [0.717, 1.165) is 10.9 Å². The lowest BCUT2D eigenvalue weighted by Gasteiger charge is -2.00. The molecule has 2 heterocycles. The van der Waals surface area contributed by atoms with Gasteiger partial charge in [-0.25, -0.2) is 8.78 Å². The molecule has 3 rings (SSSR count). The van der Waals surface area contributed by atoms with Crippen molar-refractivity contribution in [3.8, 4) is 11.3 Å². The molecule has 0 fully saturated rings. The van der Waals surface area contributed by atoms with Crippen LogP contribution in [-0.2, 0) is 0 Å². The second-order valence-corrected chi connectivity index (χ2v) is 3.92. The highest BCUT2D eigenvalue weighted by Crippen LogP contribution is 2.28. The SMILES string of the molecule is FC(F)c1ccc(-c2cnc3ccccc3c2)o1. The van der Waals surface area contributed by atoms with E-state index in [2.05, 4.69) is 4.98 Å². The molecular formula is C14H9F2NO. The number of pyridine rings is 1. The number of furan rings is 1. The molecule has 0 saturated heterocycles. The monoisotopic (exact) mass is 245 g/mol. The molecule has 2 aromatic heterocycles. The van der Waals surface area contributed by atoms with Gasteiger partial charge in [-0.1, -0.05) is 18.2 Å². The first-order valence-corrected chi connectivity index (χ1v) is 5.47. The Kier molecular flexibility index (Phi) is 2.55. The zero-order valence-electron chi connectivity index (χ0n) is 9.31. The van der Waals surface area contributed by atoms with Gasteiger partial charge in [0, 0.05) is 17.1 Å². The summed E-state index contributed by atoms with van der Waals surface area (Å²) in [5.41, 5.74) is 1.56. The van der Waals surface area contributed by atoms with E-state index < -0.39 is 6.43 Å². The molecule has 4 heteroatoms. The predicted molar refractivity (Wildman–Crippen MR) is 64.4 cm³/mol. The first-order chi connectivity index (χ1) is 8.74. The van der Waals surface area contributed by atoms with E-state index in [0.29, 0.717) is 11.3 Å². The van der Waals surface area contributed by atoms with E-state index in [4.69, 9.17) is 4.42 Å². The third kappa shape index (κ3) is 1.86. The van der Waals surface area contributed by atoms with Crippen LogP contribution in [0.1, 0.15) is 12.2 Å². The predicted octanol–water partition coefficient (Wildman–Crippen LogP) is 4.43. The summed E-state index contributed by atoms with van der Waals surface area (Å²) in [5, 5.41) is 0.949. The van der Waals surface area contributed by atoms with Crippen molar-refractivity contribution < 1.29 is 13.2 Å². The van der Waals surface area contributed by atoms with E-state index in [1.54, 1.807) is 6.20 Å². The molecule has 0 spiro atoms. The topological polar surface area (TPSA) is 26.0 Å². The smallest absolute Gasteiger partial charge is 0.295 e. The molecule has 2 nitrogen and oxygen atoms in total. The van der Waals surface area contributed by atoms with Crippen LogP contribution in [0.3, 0.4) is 0 Å². The number of benzene rings is 1. The van der Waals surface area contributed by atoms with E-state index in [9.17, 15) is 8.78 Å². The zero-order chi connectivity index (χ0) is 12.5. The normalized spacial score (nSPS) is 11.3. The highest BCUT2D eigenvalue weighted by atomic mass is 19.3. The van der Waals surface area contributed by atoms with Gasteiger partial charge in [0.25, 0.3) is 6.43 Å². The number of rotatable bonds is 2. The zero-order valence-corrected chi connectivity index (χ0v) is 9.31. The Morgan fingerprint density at radius 3 is 2.67 bits per heavy atom. The van der Waals surface area contributed by atoms with Gasteiger partial charge in [0.1, 0.15) is 5.76 Å². The maximum absolute atomic E-state index is 12.4. The van der Waals surface area contributed by atoms with Gasteiger partial charge in [0.15, 0.2) is 5.76 Å². The summed E-state index contributed by atoms with van der Waals surface area (Å²) in [5.74, 6) is 0.0849. The van der Waals surface area contributed by atoms with E-state index in [-0.39, 0.29) is 5.76 Å². The average Bonchev–Trinajstić information content (AvgIpc) is 2.88. The first-order valence-electron chi connectivity index (χ1n) is 5.47. The van der Waals surface area contributed by atoms with Crippen molar-refractivity contribution in [1.82, 2.24) is 4.98 Å². The third-order valence-electron chi connectivity index (χ3n) is 2.72. The Balaban J connectivity index is 2.07. The molecule has 0 unspecified atom stereocenters. The fourth-order valence-electron chi connectivity index (χ4n) is 1.83. The summed E-state index contributed by atoms with van der Waals surface area (Å²) in [4.78, 5) is 4.26. The van der Waals surface area contributed by atoms with Gasteiger partial charge in [0.2, 0.25) is 0 Å². The second-order valence-electron chi connectivity index (χ2n) is 3.92. The number of fused-ring (bicyclic) bond motifs is 1. The highest BCUT2D eigenvalue weighted by Gasteiger charge is 2.13. The number of hydrogen-bond acceptors (Lipinski definition) is 2. The van der Waals surface area contributed by atoms with Crippen LogP contribution >= 0.6 is 0 Å². The lowest BCUT2D eigenvalue weighted by atomic mass is 10.1. The first kappa shape index (κ1) is 10.9. The number of alkyl halides is 2. The Morgan fingerprint density at radius 1 is 1.06 bits per heavy atom. The summed E-state index contributed by atoms with van der Waals surface area (Å²) < 4.78 is 30.0. The fourth-order valence-corrected chi connectivity index (χ4v) is 1.83. The summed E-state index contributed by atoms with van der Waals surface area (Å²) in [6, 6.07) is 12.3. The van der Waals surface area contributed by atoms with Gasteiger partial charge in [-0.15, -0.1) is 0 Å². The van der Waals surface area contributed by atoms with Crippen molar-refractivity contribution >= 4 is 10.9 Å². The van der Waals surface area contributed by atoms with Crippen LogP contribution in [0.2, 0.25) is 0 Å². The average molecular weight is 245 g/mol. The Labute approximate surface area is 102 Å². The van der Waals surface area contributed by atoms with Crippen LogP contribution in [0, 0.1) is 0 Å². The number of halogens is 2. The number of aromatic nitrogens is 1. The molecule has 0 amide bonds. The minimum Gasteiger partial charge on any atom is -0.455 e. The molecule has 0 aliphatic carbocycles. The van der Waals surface area contributed by atoms with Gasteiger partial charge in [0.05, 0.1) is 5.52 Å². The molecule has 3 aromatic rings. The maximum atomic E-state index is 12.4. The molecule has 18 heavy (non-hydrogen) atoms. The lowest BCUT2D eigenvalue weighted by Crippen LogP contribution is -1.81. The van der Waals surface area contributed by atoms with Gasteiger partial charge >= 0.3 is 0 Å². The maximum Gasteiger partial charge on any atom is 0.295 e. The summed E-state index contributed by atoms with van der Waals surface area (Å²) in [6.45, 7) is 0. The quantitative estimate of drug-likeness (QED) is 0.667. The molecule has 0 N–H and O–H groups in total. The standard InChI is InChI=1S/C14H9F2NO/c15-14(16)13-6-5-12(18-13)10-7-9-3-1-2-4-11(9)17-8-10/h1-8,14H. The largest absolute Gasteiger partial charge is 0.455 e. The number of hydrogen-bond donors (Lipinski definition) is 0. The number of nitrogens with zero attached hydrogens (tertiary/aromatic N) is 1. The minimum atomic E-state index is -2.59. The van der Waals surface area contributed by atoms with Crippen LogP contribution < -0.4 is 0 Å². The van der Waals surface area contributed by atoms with Crippen molar-refractivity contribution in [1.29, 1.82) is 0 Å². The van der Waals surface area contributed by atoms with Gasteiger partial charge in [-0.3, -0.25) is 4.98 Å². The molecular weight excluding hydrogens is 236 g/mol. The molecule has 90 valence electrons. The molecule has 0 aliphatic heterocycles. The van der Waals surface area contributed by atoms with E-state index in [1.165, 1.54) is 12.1 Å². The van der Waals surface area contributed by atoms with Crippen molar-refractivity contribution in [2.24, 2.45) is 0 Å².